The lowest BCUT2D eigenvalue weighted by molar-refractivity contribution is -0.162. The number of rotatable bonds is 6. The summed E-state index contributed by atoms with van der Waals surface area (Å²) in [5.74, 6) is 7.15. The molecule has 0 aromatic carbocycles. The summed E-state index contributed by atoms with van der Waals surface area (Å²) in [5, 5.41) is 18.5. The molecule has 0 bridgehead atoms. The minimum atomic E-state index is -2.09. The average molecular weight is 508 g/mol. The molecule has 2 aliphatic rings. The summed E-state index contributed by atoms with van der Waals surface area (Å²) in [6.45, 7) is 4.45. The van der Waals surface area contributed by atoms with E-state index < -0.39 is 17.5 Å². The molecule has 0 spiro atoms. The van der Waals surface area contributed by atoms with Crippen LogP contribution >= 0.6 is 0 Å². The Morgan fingerprint density at radius 3 is 2.62 bits per heavy atom. The molecule has 11 nitrogen and oxygen atoms in total. The van der Waals surface area contributed by atoms with Gasteiger partial charge in [0.2, 0.25) is 5.67 Å². The first-order valence-corrected chi connectivity index (χ1v) is 12.0. The van der Waals surface area contributed by atoms with Gasteiger partial charge in [-0.3, -0.25) is 9.59 Å². The highest BCUT2D eigenvalue weighted by Crippen LogP contribution is 2.31. The van der Waals surface area contributed by atoms with E-state index >= 15 is 0 Å². The van der Waals surface area contributed by atoms with Gasteiger partial charge in [0.05, 0.1) is 36.2 Å². The van der Waals surface area contributed by atoms with E-state index in [-0.39, 0.29) is 19.1 Å². The summed E-state index contributed by atoms with van der Waals surface area (Å²) >= 11 is 0. The number of hydrogen-bond acceptors (Lipinski definition) is 8. The van der Waals surface area contributed by atoms with Crippen LogP contribution < -0.4 is 16.9 Å². The molecular weight excluding hydrogens is 477 g/mol. The molecule has 37 heavy (non-hydrogen) atoms. The Balaban J connectivity index is 1.45. The maximum absolute atomic E-state index is 15.0. The van der Waals surface area contributed by atoms with Crippen LogP contribution in [0.3, 0.4) is 0 Å². The number of piperidine rings is 1. The molecule has 0 atom stereocenters. The topological polar surface area (TPSA) is 149 Å². The molecule has 4 heterocycles. The lowest BCUT2D eigenvalue weighted by Gasteiger charge is -2.46. The minimum Gasteiger partial charge on any atom is -0.397 e. The molecular formula is C25H30FN9O2. The number of carbonyl (C=O) groups excluding carboxylic acids is 2. The molecule has 0 aliphatic carbocycles. The Kier molecular flexibility index (Phi) is 6.96. The Morgan fingerprint density at radius 1 is 1.35 bits per heavy atom. The second-order valence-electron chi connectivity index (χ2n) is 9.34. The maximum atomic E-state index is 15.0. The van der Waals surface area contributed by atoms with Gasteiger partial charge in [-0.05, 0) is 38.7 Å². The van der Waals surface area contributed by atoms with Gasteiger partial charge in [0.15, 0.2) is 0 Å². The summed E-state index contributed by atoms with van der Waals surface area (Å²) in [6, 6.07) is 3.91. The zero-order chi connectivity index (χ0) is 26.9. The van der Waals surface area contributed by atoms with Crippen molar-refractivity contribution >= 4 is 28.7 Å². The van der Waals surface area contributed by atoms with Crippen molar-refractivity contribution in [3.8, 4) is 18.4 Å². The van der Waals surface area contributed by atoms with Crippen molar-refractivity contribution in [2.75, 3.05) is 38.0 Å². The molecule has 0 saturated carbocycles. The van der Waals surface area contributed by atoms with Gasteiger partial charge in [0, 0.05) is 43.1 Å². The number of alkyl halides is 1. The first kappa shape index (κ1) is 25.8. The number of hydrogen-bond donors (Lipinski definition) is 3. The smallest absolute Gasteiger partial charge is 0.298 e. The molecule has 2 aromatic heterocycles. The predicted octanol–water partition coefficient (Wildman–Crippen LogP) is 0.635. The van der Waals surface area contributed by atoms with Crippen molar-refractivity contribution in [3.63, 3.8) is 0 Å². The monoisotopic (exact) mass is 507 g/mol. The SMILES string of the molecule is C#CC(=O)N1CC(F)(C(=O)N2CCC(N(N)/C(C)=C(\N)c3cc(NCC)c4c(C#N)cnn4c3)CC2)C1. The molecule has 2 aromatic rings. The van der Waals surface area contributed by atoms with Crippen LogP contribution in [0.1, 0.15) is 37.8 Å². The molecule has 2 aliphatic heterocycles. The van der Waals surface area contributed by atoms with E-state index in [4.69, 9.17) is 18.0 Å². The second-order valence-corrected chi connectivity index (χ2v) is 9.34. The van der Waals surface area contributed by atoms with Crippen LogP contribution in [0.5, 0.6) is 0 Å². The number of amides is 2. The minimum absolute atomic E-state index is 0.106. The van der Waals surface area contributed by atoms with Gasteiger partial charge in [-0.15, -0.1) is 6.42 Å². The second kappa shape index (κ2) is 9.99. The van der Waals surface area contributed by atoms with Crippen molar-refractivity contribution in [3.05, 3.63) is 35.3 Å². The number of nitrogens with one attached hydrogen (secondary N) is 1. The molecule has 4 rings (SSSR count). The number of aromatic nitrogens is 2. The van der Waals surface area contributed by atoms with Gasteiger partial charge in [-0.1, -0.05) is 0 Å². The number of nitrogens with two attached hydrogens (primary N) is 2. The lowest BCUT2D eigenvalue weighted by atomic mass is 9.92. The number of anilines is 1. The number of terminal acetylenes is 1. The molecule has 0 radical (unpaired) electrons. The third kappa shape index (κ3) is 4.63. The largest absolute Gasteiger partial charge is 0.397 e. The maximum Gasteiger partial charge on any atom is 0.298 e. The molecule has 2 fully saturated rings. The van der Waals surface area contributed by atoms with Crippen molar-refractivity contribution in [2.45, 2.75) is 38.4 Å². The van der Waals surface area contributed by atoms with Gasteiger partial charge in [0.25, 0.3) is 11.8 Å². The van der Waals surface area contributed by atoms with E-state index in [1.54, 1.807) is 15.7 Å². The van der Waals surface area contributed by atoms with Gasteiger partial charge in [-0.25, -0.2) is 14.7 Å². The van der Waals surface area contributed by atoms with Crippen LogP contribution in [0.15, 0.2) is 24.2 Å². The van der Waals surface area contributed by atoms with Gasteiger partial charge < -0.3 is 25.9 Å². The van der Waals surface area contributed by atoms with E-state index in [0.29, 0.717) is 60.5 Å². The van der Waals surface area contributed by atoms with E-state index in [1.165, 1.54) is 11.1 Å². The third-order valence-corrected chi connectivity index (χ3v) is 7.01. The number of nitriles is 1. The zero-order valence-electron chi connectivity index (χ0n) is 20.9. The number of allylic oxidation sites excluding steroid dienone is 1. The standard InChI is InChI=1S/C25H30FN9O2/c1-4-21(36)33-14-25(26,15-33)24(37)32-8-6-19(7-9-32)35(29)16(3)22(28)17-10-20(30-5-2)23-18(11-27)12-31-34(23)13-17/h1,10,12-13,19,30H,5-9,14-15,28-29H2,2-3H3/b22-16-. The number of likely N-dealkylation sites (tertiary alicyclic amines) is 2. The Hall–Kier alpha value is -4.29. The van der Waals surface area contributed by atoms with Crippen LogP contribution in [-0.4, -0.2) is 80.7 Å². The summed E-state index contributed by atoms with van der Waals surface area (Å²) in [4.78, 5) is 26.8. The normalized spacial score (nSPS) is 17.9. The Bertz CT molecular complexity index is 1340. The van der Waals surface area contributed by atoms with Gasteiger partial charge in [0.1, 0.15) is 11.6 Å². The Morgan fingerprint density at radius 2 is 2.03 bits per heavy atom. The first-order chi connectivity index (χ1) is 17.6. The number of carbonyl (C=O) groups is 2. The highest BCUT2D eigenvalue weighted by molar-refractivity contribution is 5.96. The van der Waals surface area contributed by atoms with Crippen LogP contribution in [0, 0.1) is 23.7 Å². The van der Waals surface area contributed by atoms with Crippen molar-refractivity contribution in [2.24, 2.45) is 11.6 Å². The number of nitrogens with zero attached hydrogens (tertiary/aromatic N) is 6. The van der Waals surface area contributed by atoms with Crippen LogP contribution in [0.25, 0.3) is 11.2 Å². The predicted molar refractivity (Wildman–Crippen MR) is 136 cm³/mol. The molecule has 12 heteroatoms. The number of fused-ring (bicyclic) bond motifs is 1. The van der Waals surface area contributed by atoms with Gasteiger partial charge >= 0.3 is 0 Å². The highest BCUT2D eigenvalue weighted by atomic mass is 19.1. The number of halogens is 1. The fourth-order valence-electron chi connectivity index (χ4n) is 4.86. The highest BCUT2D eigenvalue weighted by Gasteiger charge is 2.53. The average Bonchev–Trinajstić information content (AvgIpc) is 3.32. The molecule has 5 N–H and O–H groups in total. The molecule has 194 valence electrons. The van der Waals surface area contributed by atoms with Crippen molar-refractivity contribution < 1.29 is 14.0 Å². The number of pyridine rings is 1. The molecule has 0 unspecified atom stereocenters. The zero-order valence-corrected chi connectivity index (χ0v) is 20.9. The van der Waals surface area contributed by atoms with Crippen molar-refractivity contribution in [1.82, 2.24) is 24.4 Å². The molecule has 2 saturated heterocycles. The van der Waals surface area contributed by atoms with E-state index in [0.717, 1.165) is 10.6 Å². The Labute approximate surface area is 214 Å². The van der Waals surface area contributed by atoms with Crippen molar-refractivity contribution in [1.29, 1.82) is 5.26 Å². The number of hydrazine groups is 1. The lowest BCUT2D eigenvalue weighted by Crippen LogP contribution is -2.68. The van der Waals surface area contributed by atoms with Crippen LogP contribution in [0.2, 0.25) is 0 Å². The third-order valence-electron chi connectivity index (χ3n) is 7.01. The van der Waals surface area contributed by atoms with Crippen LogP contribution in [0.4, 0.5) is 10.1 Å². The fraction of sp³-hybridized carbons (Fsp3) is 0.440. The van der Waals surface area contributed by atoms with E-state index in [1.807, 2.05) is 25.8 Å². The fourth-order valence-corrected chi connectivity index (χ4v) is 4.86. The summed E-state index contributed by atoms with van der Waals surface area (Å²) in [6.07, 6.45) is 9.38. The summed E-state index contributed by atoms with van der Waals surface area (Å²) in [7, 11) is 0. The summed E-state index contributed by atoms with van der Waals surface area (Å²) < 4.78 is 16.6. The quantitative estimate of drug-likeness (QED) is 0.293. The van der Waals surface area contributed by atoms with E-state index in [2.05, 4.69) is 16.5 Å². The van der Waals surface area contributed by atoms with E-state index in [9.17, 15) is 19.2 Å². The van der Waals surface area contributed by atoms with Gasteiger partial charge in [-0.2, -0.15) is 10.4 Å². The summed E-state index contributed by atoms with van der Waals surface area (Å²) in [5.41, 5.74) is 8.06. The molecule has 2 amide bonds. The van der Waals surface area contributed by atoms with Crippen LogP contribution in [-0.2, 0) is 9.59 Å². The first-order valence-electron chi connectivity index (χ1n) is 12.0.